The third-order valence-electron chi connectivity index (χ3n) is 3.71. The Hall–Kier alpha value is -2.59. The van der Waals surface area contributed by atoms with E-state index in [4.69, 9.17) is 39.5 Å². The van der Waals surface area contributed by atoms with E-state index in [1.165, 1.54) is 35.2 Å². The highest BCUT2D eigenvalue weighted by atomic mass is 79.9. The van der Waals surface area contributed by atoms with Gasteiger partial charge in [0.25, 0.3) is 5.91 Å². The molecule has 0 aliphatic heterocycles. The van der Waals surface area contributed by atoms with E-state index in [2.05, 4.69) is 43.2 Å². The molecule has 0 saturated heterocycles. The highest BCUT2D eigenvalue weighted by molar-refractivity contribution is 9.10. The lowest BCUT2D eigenvalue weighted by Gasteiger charge is -2.15. The van der Waals surface area contributed by atoms with Crippen molar-refractivity contribution in [3.05, 3.63) is 74.5 Å². The predicted octanol–water partition coefficient (Wildman–Crippen LogP) is 5.98. The van der Waals surface area contributed by atoms with Crippen LogP contribution < -0.4 is 10.6 Å². The molecule has 1 aromatic carbocycles. The summed E-state index contributed by atoms with van der Waals surface area (Å²) < 4.78 is 6.56. The molecule has 2 aromatic heterocycles. The van der Waals surface area contributed by atoms with Crippen molar-refractivity contribution >= 4 is 74.1 Å². The Bertz CT molecular complexity index is 1170. The number of halogens is 4. The molecule has 0 bridgehead atoms. The summed E-state index contributed by atoms with van der Waals surface area (Å²) >= 11 is 21.8. The number of carbonyl (C=O) groups excluding carboxylic acids is 2. The monoisotopic (exact) mass is 543 g/mol. The average Bonchev–Trinajstić information content (AvgIpc) is 3.10. The van der Waals surface area contributed by atoms with Crippen LogP contribution in [0.15, 0.2) is 53.8 Å². The minimum Gasteiger partial charge on any atom is -0.445 e. The minimum absolute atomic E-state index is 0.000129. The summed E-state index contributed by atoms with van der Waals surface area (Å²) in [5.41, 5.74) is 0.363. The minimum atomic E-state index is -0.776. The Morgan fingerprint density at radius 2 is 1.97 bits per heavy atom. The molecule has 2 N–H and O–H groups in total. The number of hydrogen-bond donors (Lipinski definition) is 2. The van der Waals surface area contributed by atoms with Gasteiger partial charge in [0, 0.05) is 17.3 Å². The number of carbonyl (C=O) groups is 2. The topological polar surface area (TPSA) is 98.1 Å². The van der Waals surface area contributed by atoms with Gasteiger partial charge < -0.3 is 10.1 Å². The van der Waals surface area contributed by atoms with Gasteiger partial charge in [-0.1, -0.05) is 47.5 Å². The number of amides is 2. The first-order chi connectivity index (χ1) is 14.8. The number of hydrogen-bond acceptors (Lipinski definition) is 5. The molecular formula is C19H13BrCl3N5O3. The molecule has 8 nitrogen and oxygen atoms in total. The number of pyridine rings is 1. The van der Waals surface area contributed by atoms with Crippen molar-refractivity contribution in [3.63, 3.8) is 0 Å². The fourth-order valence-corrected chi connectivity index (χ4v) is 3.58. The van der Waals surface area contributed by atoms with Crippen molar-refractivity contribution in [1.82, 2.24) is 14.8 Å². The van der Waals surface area contributed by atoms with Gasteiger partial charge in [-0.25, -0.2) is 14.5 Å². The second-order valence-electron chi connectivity index (χ2n) is 5.85. The van der Waals surface area contributed by atoms with Gasteiger partial charge in [0.1, 0.15) is 16.9 Å². The standard InChI is InChI=1S/C19H13BrCl3N5O3/c1-2-6-31-19(30)25-13-8-10(21)7-12(23)16(13)26-18(29)14-9-15(20)27-28(14)17-11(22)4-3-5-24-17/h2-5,7-9H,1,6H2,(H,25,30)(H,26,29). The van der Waals surface area contributed by atoms with Gasteiger partial charge in [-0.3, -0.25) is 10.1 Å². The van der Waals surface area contributed by atoms with E-state index >= 15 is 0 Å². The molecule has 0 fully saturated rings. The van der Waals surface area contributed by atoms with Gasteiger partial charge >= 0.3 is 6.09 Å². The molecule has 31 heavy (non-hydrogen) atoms. The SMILES string of the molecule is C=CCOC(=O)Nc1cc(Cl)cc(Cl)c1NC(=O)c1cc(Br)nn1-c1ncccc1Cl. The van der Waals surface area contributed by atoms with Crippen molar-refractivity contribution in [2.45, 2.75) is 0 Å². The van der Waals surface area contributed by atoms with E-state index in [0.29, 0.717) is 9.63 Å². The van der Waals surface area contributed by atoms with Gasteiger partial charge in [-0.15, -0.1) is 0 Å². The Morgan fingerprint density at radius 1 is 1.19 bits per heavy atom. The molecule has 0 radical (unpaired) electrons. The van der Waals surface area contributed by atoms with Crippen LogP contribution in [-0.4, -0.2) is 33.4 Å². The molecule has 2 heterocycles. The Balaban J connectivity index is 1.95. The zero-order valence-corrected chi connectivity index (χ0v) is 19.4. The second kappa shape index (κ2) is 10.1. The summed E-state index contributed by atoms with van der Waals surface area (Å²) in [5, 5.41) is 10.00. The molecule has 0 spiro atoms. The molecule has 160 valence electrons. The van der Waals surface area contributed by atoms with E-state index in [1.54, 1.807) is 12.1 Å². The largest absolute Gasteiger partial charge is 0.445 e. The Labute approximate surface area is 200 Å². The van der Waals surface area contributed by atoms with Crippen LogP contribution in [0.25, 0.3) is 5.82 Å². The number of anilines is 2. The lowest BCUT2D eigenvalue weighted by molar-refractivity contribution is 0.101. The van der Waals surface area contributed by atoms with Crippen LogP contribution in [0.2, 0.25) is 15.1 Å². The zero-order valence-electron chi connectivity index (χ0n) is 15.5. The summed E-state index contributed by atoms with van der Waals surface area (Å²) in [6.07, 6.45) is 2.15. The third-order valence-corrected chi connectivity index (χ3v) is 4.91. The molecule has 12 heteroatoms. The van der Waals surface area contributed by atoms with Crippen LogP contribution in [0.5, 0.6) is 0 Å². The lowest BCUT2D eigenvalue weighted by atomic mass is 10.2. The number of nitrogens with zero attached hydrogens (tertiary/aromatic N) is 3. The van der Waals surface area contributed by atoms with Crippen LogP contribution in [0.4, 0.5) is 16.2 Å². The molecule has 3 rings (SSSR count). The molecule has 0 unspecified atom stereocenters. The second-order valence-corrected chi connectivity index (χ2v) is 7.91. The maximum absolute atomic E-state index is 13.1. The first-order valence-electron chi connectivity index (χ1n) is 8.51. The highest BCUT2D eigenvalue weighted by Crippen LogP contribution is 2.35. The van der Waals surface area contributed by atoms with Gasteiger partial charge in [-0.2, -0.15) is 5.10 Å². The molecule has 3 aromatic rings. The van der Waals surface area contributed by atoms with Gasteiger partial charge in [-0.05, 0) is 40.2 Å². The maximum Gasteiger partial charge on any atom is 0.412 e. The normalized spacial score (nSPS) is 10.5. The highest BCUT2D eigenvalue weighted by Gasteiger charge is 2.21. The smallest absolute Gasteiger partial charge is 0.412 e. The maximum atomic E-state index is 13.1. The number of ether oxygens (including phenoxy) is 1. The van der Waals surface area contributed by atoms with E-state index in [-0.39, 0.29) is 39.5 Å². The quantitative estimate of drug-likeness (QED) is 0.372. The Kier molecular flexibility index (Phi) is 7.55. The van der Waals surface area contributed by atoms with Crippen molar-refractivity contribution < 1.29 is 14.3 Å². The summed E-state index contributed by atoms with van der Waals surface area (Å²) in [7, 11) is 0. The van der Waals surface area contributed by atoms with Gasteiger partial charge in [0.15, 0.2) is 5.82 Å². The molecule has 0 aliphatic carbocycles. The average molecular weight is 546 g/mol. The van der Waals surface area contributed by atoms with Gasteiger partial charge in [0.2, 0.25) is 0 Å². The predicted molar refractivity (Wildman–Crippen MR) is 124 cm³/mol. The van der Waals surface area contributed by atoms with Gasteiger partial charge in [0.05, 0.1) is 21.4 Å². The summed E-state index contributed by atoms with van der Waals surface area (Å²) in [5.74, 6) is -0.333. The third kappa shape index (κ3) is 5.56. The Morgan fingerprint density at radius 3 is 2.68 bits per heavy atom. The van der Waals surface area contributed by atoms with E-state index in [0.717, 1.165) is 0 Å². The fourth-order valence-electron chi connectivity index (χ4n) is 2.47. The molecule has 0 aliphatic rings. The van der Waals surface area contributed by atoms with Crippen LogP contribution in [-0.2, 0) is 4.74 Å². The van der Waals surface area contributed by atoms with E-state index in [1.807, 2.05) is 0 Å². The number of benzene rings is 1. The number of rotatable bonds is 6. The molecule has 2 amide bonds. The van der Waals surface area contributed by atoms with E-state index in [9.17, 15) is 9.59 Å². The van der Waals surface area contributed by atoms with Crippen LogP contribution >= 0.6 is 50.7 Å². The van der Waals surface area contributed by atoms with Crippen LogP contribution in [0.1, 0.15) is 10.5 Å². The summed E-state index contributed by atoms with van der Waals surface area (Å²) in [6, 6.07) is 7.59. The number of nitrogens with one attached hydrogen (secondary N) is 2. The molecule has 0 saturated carbocycles. The first-order valence-corrected chi connectivity index (χ1v) is 10.4. The van der Waals surface area contributed by atoms with Crippen LogP contribution in [0, 0.1) is 0 Å². The van der Waals surface area contributed by atoms with Crippen molar-refractivity contribution in [3.8, 4) is 5.82 Å². The number of aromatic nitrogens is 3. The summed E-state index contributed by atoms with van der Waals surface area (Å²) in [6.45, 7) is 3.47. The lowest BCUT2D eigenvalue weighted by Crippen LogP contribution is -2.20. The van der Waals surface area contributed by atoms with Crippen molar-refractivity contribution in [2.24, 2.45) is 0 Å². The van der Waals surface area contributed by atoms with Crippen molar-refractivity contribution in [2.75, 3.05) is 17.2 Å². The van der Waals surface area contributed by atoms with E-state index < -0.39 is 12.0 Å². The molecule has 0 atom stereocenters. The first kappa shape index (κ1) is 23.1. The van der Waals surface area contributed by atoms with Crippen molar-refractivity contribution in [1.29, 1.82) is 0 Å². The fraction of sp³-hybridized carbons (Fsp3) is 0.0526. The molecular weight excluding hydrogens is 533 g/mol. The van der Waals surface area contributed by atoms with Crippen LogP contribution in [0.3, 0.4) is 0 Å². The zero-order chi connectivity index (χ0) is 22.5. The summed E-state index contributed by atoms with van der Waals surface area (Å²) in [4.78, 5) is 29.2.